The molecule has 1 atom stereocenters. The fourth-order valence-corrected chi connectivity index (χ4v) is 1.49. The maximum absolute atomic E-state index is 10.8. The minimum atomic E-state index is -3.98. The summed E-state index contributed by atoms with van der Waals surface area (Å²) in [6.07, 6.45) is 0. The molecule has 4 heteroatoms. The van der Waals surface area contributed by atoms with Crippen LogP contribution >= 0.6 is 7.60 Å². The molecule has 1 aromatic rings. The minimum absolute atomic E-state index is 0.672. The minimum Gasteiger partial charge on any atom is -0.324 e. The van der Waals surface area contributed by atoms with Crippen molar-refractivity contribution in [1.82, 2.24) is 0 Å². The van der Waals surface area contributed by atoms with E-state index in [0.717, 1.165) is 0 Å². The van der Waals surface area contributed by atoms with E-state index in [1.807, 2.05) is 6.07 Å². The quantitative estimate of drug-likeness (QED) is 0.693. The van der Waals surface area contributed by atoms with Gasteiger partial charge < -0.3 is 9.79 Å². The highest BCUT2D eigenvalue weighted by Gasteiger charge is 2.24. The van der Waals surface area contributed by atoms with Gasteiger partial charge in [0, 0.05) is 0 Å². The Morgan fingerprint density at radius 2 is 1.75 bits per heavy atom. The summed E-state index contributed by atoms with van der Waals surface area (Å²) in [5, 5.41) is 0. The summed E-state index contributed by atoms with van der Waals surface area (Å²) in [7, 11) is -3.98. The third kappa shape index (κ3) is 2.18. The van der Waals surface area contributed by atoms with E-state index < -0.39 is 13.3 Å². The normalized spacial score (nSPS) is 14.2. The van der Waals surface area contributed by atoms with Gasteiger partial charge in [-0.15, -0.1) is 0 Å². The molecule has 1 aromatic carbocycles. The first-order chi connectivity index (χ1) is 5.52. The molecule has 0 radical (unpaired) electrons. The average molecular weight is 186 g/mol. The summed E-state index contributed by atoms with van der Waals surface area (Å²) < 4.78 is 10.8. The van der Waals surface area contributed by atoms with E-state index >= 15 is 0 Å². The number of benzene rings is 1. The molecule has 0 heterocycles. The Bertz CT molecular complexity index is 290. The van der Waals surface area contributed by atoms with Crippen LogP contribution < -0.4 is 0 Å². The van der Waals surface area contributed by atoms with Crippen molar-refractivity contribution in [3.63, 3.8) is 0 Å². The first-order valence-electron chi connectivity index (χ1n) is 3.62. The molecule has 0 aliphatic heterocycles. The van der Waals surface area contributed by atoms with E-state index in [2.05, 4.69) is 0 Å². The van der Waals surface area contributed by atoms with Gasteiger partial charge >= 0.3 is 7.60 Å². The van der Waals surface area contributed by atoms with E-state index in [1.165, 1.54) is 6.92 Å². The zero-order valence-electron chi connectivity index (χ0n) is 6.71. The molecule has 0 bridgehead atoms. The van der Waals surface area contributed by atoms with Crippen molar-refractivity contribution in [2.75, 3.05) is 0 Å². The van der Waals surface area contributed by atoms with Gasteiger partial charge in [-0.05, 0) is 12.5 Å². The van der Waals surface area contributed by atoms with Gasteiger partial charge in [0.25, 0.3) is 0 Å². The van der Waals surface area contributed by atoms with E-state index in [9.17, 15) is 4.57 Å². The van der Waals surface area contributed by atoms with E-state index in [-0.39, 0.29) is 0 Å². The second kappa shape index (κ2) is 3.40. The number of hydrogen-bond donors (Lipinski definition) is 2. The third-order valence-electron chi connectivity index (χ3n) is 1.79. The summed E-state index contributed by atoms with van der Waals surface area (Å²) in [4.78, 5) is 17.7. The zero-order chi connectivity index (χ0) is 9.19. The van der Waals surface area contributed by atoms with Crippen molar-refractivity contribution in [3.05, 3.63) is 35.9 Å². The summed E-state index contributed by atoms with van der Waals surface area (Å²) in [6.45, 7) is 1.52. The molecule has 12 heavy (non-hydrogen) atoms. The van der Waals surface area contributed by atoms with Gasteiger partial charge in [0.1, 0.15) is 0 Å². The molecular weight excluding hydrogens is 175 g/mol. The molecule has 1 unspecified atom stereocenters. The van der Waals surface area contributed by atoms with Gasteiger partial charge in [0.15, 0.2) is 0 Å². The van der Waals surface area contributed by atoms with Crippen LogP contribution in [0.25, 0.3) is 0 Å². The topological polar surface area (TPSA) is 57.5 Å². The molecular formula is C8H11O3P. The predicted molar refractivity (Wildman–Crippen MR) is 46.9 cm³/mol. The molecule has 66 valence electrons. The summed E-state index contributed by atoms with van der Waals surface area (Å²) in [5.41, 5.74) is -0.0375. The molecule has 0 aliphatic rings. The Balaban J connectivity index is 2.94. The number of hydrogen-bond acceptors (Lipinski definition) is 1. The second-order valence-corrected chi connectivity index (χ2v) is 4.63. The SMILES string of the molecule is CC(c1ccccc1)P(=O)(O)O. The molecule has 0 spiro atoms. The van der Waals surface area contributed by atoms with Crippen LogP contribution in [0.2, 0.25) is 0 Å². The monoisotopic (exact) mass is 186 g/mol. The summed E-state index contributed by atoms with van der Waals surface area (Å²) in [5.74, 6) is 0. The van der Waals surface area contributed by atoms with Crippen LogP contribution in [0.5, 0.6) is 0 Å². The highest BCUT2D eigenvalue weighted by Crippen LogP contribution is 2.51. The highest BCUT2D eigenvalue weighted by molar-refractivity contribution is 7.52. The number of rotatable bonds is 2. The molecule has 0 saturated heterocycles. The van der Waals surface area contributed by atoms with Gasteiger partial charge in [0.2, 0.25) is 0 Å². The van der Waals surface area contributed by atoms with Gasteiger partial charge in [-0.3, -0.25) is 4.57 Å². The van der Waals surface area contributed by atoms with Crippen LogP contribution in [0, 0.1) is 0 Å². The van der Waals surface area contributed by atoms with E-state index in [1.54, 1.807) is 24.3 Å². The molecule has 0 fully saturated rings. The van der Waals surface area contributed by atoms with Gasteiger partial charge in [-0.1, -0.05) is 30.3 Å². The first-order valence-corrected chi connectivity index (χ1v) is 5.30. The van der Waals surface area contributed by atoms with Crippen LogP contribution in [-0.4, -0.2) is 9.79 Å². The Morgan fingerprint density at radius 1 is 1.25 bits per heavy atom. The third-order valence-corrected chi connectivity index (χ3v) is 3.09. The van der Waals surface area contributed by atoms with Crippen molar-refractivity contribution in [2.45, 2.75) is 12.6 Å². The van der Waals surface area contributed by atoms with Crippen LogP contribution in [0.15, 0.2) is 30.3 Å². The Morgan fingerprint density at radius 3 is 2.17 bits per heavy atom. The molecule has 2 N–H and O–H groups in total. The van der Waals surface area contributed by atoms with E-state index in [0.29, 0.717) is 5.56 Å². The van der Waals surface area contributed by atoms with Gasteiger partial charge in [0.05, 0.1) is 5.66 Å². The van der Waals surface area contributed by atoms with Crippen LogP contribution in [0.4, 0.5) is 0 Å². The molecule has 3 nitrogen and oxygen atoms in total. The van der Waals surface area contributed by atoms with Crippen molar-refractivity contribution in [2.24, 2.45) is 0 Å². The lowest BCUT2D eigenvalue weighted by Crippen LogP contribution is -1.93. The summed E-state index contributed by atoms with van der Waals surface area (Å²) in [6, 6.07) is 8.77. The Kier molecular flexibility index (Phi) is 2.68. The van der Waals surface area contributed by atoms with Gasteiger partial charge in [-0.2, -0.15) is 0 Å². The molecule has 1 rings (SSSR count). The molecule has 0 saturated carbocycles. The smallest absolute Gasteiger partial charge is 0.324 e. The van der Waals surface area contributed by atoms with Crippen LogP contribution in [0.3, 0.4) is 0 Å². The van der Waals surface area contributed by atoms with Crippen molar-refractivity contribution < 1.29 is 14.4 Å². The van der Waals surface area contributed by atoms with E-state index in [4.69, 9.17) is 9.79 Å². The lowest BCUT2D eigenvalue weighted by Gasteiger charge is -2.12. The predicted octanol–water partition coefficient (Wildman–Crippen LogP) is 1.93. The Hall–Kier alpha value is -0.630. The maximum Gasteiger partial charge on any atom is 0.332 e. The first kappa shape index (κ1) is 9.46. The summed E-state index contributed by atoms with van der Waals surface area (Å²) >= 11 is 0. The van der Waals surface area contributed by atoms with Crippen LogP contribution in [0.1, 0.15) is 18.1 Å². The average Bonchev–Trinajstić information content (AvgIpc) is 2.03. The fourth-order valence-electron chi connectivity index (χ4n) is 0.926. The Labute approximate surface area is 71.2 Å². The van der Waals surface area contributed by atoms with Crippen LogP contribution in [-0.2, 0) is 4.57 Å². The highest BCUT2D eigenvalue weighted by atomic mass is 31.2. The standard InChI is InChI=1S/C8H11O3P/c1-7(12(9,10)11)8-5-3-2-4-6-8/h2-7H,1H3,(H2,9,10,11). The lowest BCUT2D eigenvalue weighted by molar-refractivity contribution is 0.362. The van der Waals surface area contributed by atoms with Crippen molar-refractivity contribution in [1.29, 1.82) is 0 Å². The molecule has 0 aromatic heterocycles. The zero-order valence-corrected chi connectivity index (χ0v) is 7.61. The maximum atomic E-state index is 10.8. The van der Waals surface area contributed by atoms with Crippen molar-refractivity contribution >= 4 is 7.60 Å². The molecule has 0 aliphatic carbocycles. The molecule has 0 amide bonds. The van der Waals surface area contributed by atoms with Crippen molar-refractivity contribution in [3.8, 4) is 0 Å². The van der Waals surface area contributed by atoms with Gasteiger partial charge in [-0.25, -0.2) is 0 Å². The largest absolute Gasteiger partial charge is 0.332 e. The fraction of sp³-hybridized carbons (Fsp3) is 0.250. The second-order valence-electron chi connectivity index (χ2n) is 2.68. The lowest BCUT2D eigenvalue weighted by atomic mass is 10.2.